The van der Waals surface area contributed by atoms with Crippen molar-refractivity contribution in [3.63, 3.8) is 0 Å². The molecule has 3 nitrogen and oxygen atoms in total. The minimum absolute atomic E-state index is 0.716. The number of rotatable bonds is 1. The van der Waals surface area contributed by atoms with Gasteiger partial charge in [0, 0.05) is 11.1 Å². The molecule has 1 fully saturated rings. The fourth-order valence-corrected chi connectivity index (χ4v) is 5.60. The van der Waals surface area contributed by atoms with Gasteiger partial charge in [-0.2, -0.15) is 4.40 Å². The van der Waals surface area contributed by atoms with Crippen LogP contribution in [-0.2, 0) is 7.05 Å². The molecule has 5 aromatic rings. The van der Waals surface area contributed by atoms with Crippen LogP contribution in [0.1, 0.15) is 48.4 Å². The molecule has 0 amide bonds. The molecule has 6 rings (SSSR count). The zero-order valence-corrected chi connectivity index (χ0v) is 17.4. The lowest BCUT2D eigenvalue weighted by atomic mass is 9.97. The van der Waals surface area contributed by atoms with E-state index >= 15 is 0 Å². The Morgan fingerprint density at radius 2 is 1.76 bits per heavy atom. The molecule has 0 aliphatic heterocycles. The Kier molecular flexibility index (Phi) is 3.53. The van der Waals surface area contributed by atoms with Crippen LogP contribution < -0.4 is 4.57 Å². The Balaban J connectivity index is 1.86. The average Bonchev–Trinajstić information content (AvgIpc) is 3.35. The summed E-state index contributed by atoms with van der Waals surface area (Å²) in [6.45, 7) is 4.31. The highest BCUT2D eigenvalue weighted by atomic mass is 15.1. The van der Waals surface area contributed by atoms with Crippen LogP contribution in [-0.4, -0.2) is 9.38 Å². The van der Waals surface area contributed by atoms with Gasteiger partial charge in [-0.05, 0) is 74.1 Å². The van der Waals surface area contributed by atoms with E-state index in [4.69, 9.17) is 4.98 Å². The van der Waals surface area contributed by atoms with Crippen molar-refractivity contribution in [3.05, 3.63) is 65.4 Å². The second kappa shape index (κ2) is 6.03. The number of hydrogen-bond donors (Lipinski definition) is 0. The average molecular weight is 381 g/mol. The first-order valence-electron chi connectivity index (χ1n) is 10.8. The third-order valence-corrected chi connectivity index (χ3v) is 6.93. The number of benzene rings is 2. The molecule has 0 atom stereocenters. The van der Waals surface area contributed by atoms with Gasteiger partial charge in [0.1, 0.15) is 5.52 Å². The van der Waals surface area contributed by atoms with Gasteiger partial charge in [0.2, 0.25) is 0 Å². The summed E-state index contributed by atoms with van der Waals surface area (Å²) in [6, 6.07) is 18.1. The number of imidazole rings is 1. The monoisotopic (exact) mass is 380 g/mol. The first-order chi connectivity index (χ1) is 14.1. The van der Waals surface area contributed by atoms with Crippen LogP contribution in [0.15, 0.2) is 48.5 Å². The molecule has 0 unspecified atom stereocenters. The smallest absolute Gasteiger partial charge is 0.252 e. The number of pyridine rings is 2. The van der Waals surface area contributed by atoms with Crippen molar-refractivity contribution in [2.24, 2.45) is 7.05 Å². The van der Waals surface area contributed by atoms with Crippen molar-refractivity contribution in [1.29, 1.82) is 0 Å². The molecule has 1 saturated carbocycles. The maximum atomic E-state index is 4.98. The highest BCUT2D eigenvalue weighted by molar-refractivity contribution is 6.11. The van der Waals surface area contributed by atoms with Crippen LogP contribution in [0, 0.1) is 13.8 Å². The van der Waals surface area contributed by atoms with Gasteiger partial charge in [-0.3, -0.25) is 4.98 Å². The predicted molar refractivity (Wildman–Crippen MR) is 120 cm³/mol. The molecule has 144 valence electrons. The number of para-hydroxylation sites is 1. The lowest BCUT2D eigenvalue weighted by Gasteiger charge is -2.09. The zero-order valence-electron chi connectivity index (χ0n) is 17.4. The molecule has 3 heterocycles. The molecule has 1 aliphatic rings. The van der Waals surface area contributed by atoms with Gasteiger partial charge in [0.15, 0.2) is 11.0 Å². The van der Waals surface area contributed by atoms with Crippen molar-refractivity contribution in [3.8, 4) is 0 Å². The van der Waals surface area contributed by atoms with Crippen LogP contribution in [0.5, 0.6) is 0 Å². The molecular weight excluding hydrogens is 354 g/mol. The van der Waals surface area contributed by atoms with E-state index in [0.29, 0.717) is 5.92 Å². The number of nitrogens with zero attached hydrogens (tertiary/aromatic N) is 3. The standard InChI is InChI=1S/C26H26N3/c1-16-14-17(2)27-25-20-10-6-7-11-21(20)29-23-15-19(18-8-4-5-9-18)12-13-22(23)28(3)26(29)24(16)25/h6-7,10-15,18H,4-5,8-9H2,1-3H3/q+1. The molecule has 0 radical (unpaired) electrons. The first kappa shape index (κ1) is 17.0. The van der Waals surface area contributed by atoms with E-state index in [0.717, 1.165) is 11.2 Å². The second-order valence-electron chi connectivity index (χ2n) is 8.77. The van der Waals surface area contributed by atoms with Gasteiger partial charge in [-0.25, -0.2) is 4.57 Å². The molecule has 0 spiro atoms. The summed E-state index contributed by atoms with van der Waals surface area (Å²) in [6.07, 6.45) is 5.38. The summed E-state index contributed by atoms with van der Waals surface area (Å²) in [7, 11) is 2.19. The highest BCUT2D eigenvalue weighted by Crippen LogP contribution is 2.37. The maximum absolute atomic E-state index is 4.98. The van der Waals surface area contributed by atoms with Crippen LogP contribution in [0.2, 0.25) is 0 Å². The van der Waals surface area contributed by atoms with Gasteiger partial charge in [-0.15, -0.1) is 0 Å². The summed E-state index contributed by atoms with van der Waals surface area (Å²) in [5.74, 6) is 0.716. The number of aryl methyl sites for hydroxylation is 3. The molecule has 3 aromatic heterocycles. The molecule has 1 aliphatic carbocycles. The molecule has 2 aromatic carbocycles. The Morgan fingerprint density at radius 1 is 0.966 bits per heavy atom. The number of hydrogen-bond acceptors (Lipinski definition) is 1. The van der Waals surface area contributed by atoms with Crippen molar-refractivity contribution in [2.75, 3.05) is 0 Å². The number of fused-ring (bicyclic) bond motifs is 8. The first-order valence-corrected chi connectivity index (χ1v) is 10.8. The van der Waals surface area contributed by atoms with Gasteiger partial charge < -0.3 is 0 Å². The van der Waals surface area contributed by atoms with E-state index in [2.05, 4.69) is 78.4 Å². The Morgan fingerprint density at radius 3 is 2.59 bits per heavy atom. The van der Waals surface area contributed by atoms with E-state index < -0.39 is 0 Å². The topological polar surface area (TPSA) is 21.2 Å². The van der Waals surface area contributed by atoms with Crippen molar-refractivity contribution in [2.45, 2.75) is 45.4 Å². The minimum Gasteiger partial charge on any atom is -0.252 e. The minimum atomic E-state index is 0.716. The van der Waals surface area contributed by atoms with Gasteiger partial charge >= 0.3 is 0 Å². The fourth-order valence-electron chi connectivity index (χ4n) is 5.60. The molecule has 0 saturated heterocycles. The van der Waals surface area contributed by atoms with Crippen molar-refractivity contribution >= 4 is 38.5 Å². The quantitative estimate of drug-likeness (QED) is 0.262. The summed E-state index contributed by atoms with van der Waals surface area (Å²) in [5, 5.41) is 2.49. The molecular formula is C26H26N3+. The fraction of sp³-hybridized carbons (Fsp3) is 0.308. The lowest BCUT2D eigenvalue weighted by molar-refractivity contribution is -0.617. The summed E-state index contributed by atoms with van der Waals surface area (Å²) < 4.78 is 4.82. The van der Waals surface area contributed by atoms with Crippen LogP contribution in [0.3, 0.4) is 0 Å². The van der Waals surface area contributed by atoms with E-state index in [1.54, 1.807) is 0 Å². The third-order valence-electron chi connectivity index (χ3n) is 6.93. The largest absolute Gasteiger partial charge is 0.297 e. The Labute approximate surface area is 170 Å². The van der Waals surface area contributed by atoms with Crippen molar-refractivity contribution in [1.82, 2.24) is 9.38 Å². The molecule has 29 heavy (non-hydrogen) atoms. The summed E-state index contributed by atoms with van der Waals surface area (Å²) in [4.78, 5) is 4.98. The second-order valence-corrected chi connectivity index (χ2v) is 8.77. The molecule has 0 N–H and O–H groups in total. The van der Waals surface area contributed by atoms with E-state index in [-0.39, 0.29) is 0 Å². The van der Waals surface area contributed by atoms with E-state index in [1.165, 1.54) is 69.8 Å². The molecule has 3 heteroatoms. The van der Waals surface area contributed by atoms with Gasteiger partial charge in [-0.1, -0.05) is 31.0 Å². The number of aromatic nitrogens is 3. The maximum Gasteiger partial charge on any atom is 0.297 e. The summed E-state index contributed by atoms with van der Waals surface area (Å²) in [5.41, 5.74) is 10.0. The SMILES string of the molecule is Cc1cc(C)c2c(n1)c1ccccc1n1c3cc(C4CCCC4)ccc3[n+](C)c21. The summed E-state index contributed by atoms with van der Waals surface area (Å²) >= 11 is 0. The third kappa shape index (κ3) is 2.30. The molecule has 0 bridgehead atoms. The predicted octanol–water partition coefficient (Wildman–Crippen LogP) is 5.89. The van der Waals surface area contributed by atoms with Crippen LogP contribution in [0.25, 0.3) is 38.5 Å². The normalized spacial score (nSPS) is 15.4. The Hall–Kier alpha value is -2.94. The highest BCUT2D eigenvalue weighted by Gasteiger charge is 2.26. The van der Waals surface area contributed by atoms with Crippen LogP contribution in [0.4, 0.5) is 0 Å². The Bertz CT molecular complexity index is 1440. The zero-order chi connectivity index (χ0) is 19.7. The van der Waals surface area contributed by atoms with Crippen LogP contribution >= 0.6 is 0 Å². The van der Waals surface area contributed by atoms with E-state index in [9.17, 15) is 0 Å². The lowest BCUT2D eigenvalue weighted by Crippen LogP contribution is -2.27. The van der Waals surface area contributed by atoms with Gasteiger partial charge in [0.05, 0.1) is 18.0 Å². The van der Waals surface area contributed by atoms with Crippen molar-refractivity contribution < 1.29 is 4.57 Å². The van der Waals surface area contributed by atoms with Gasteiger partial charge in [0.25, 0.3) is 5.65 Å². The van der Waals surface area contributed by atoms with E-state index in [1.807, 2.05) is 0 Å².